The Morgan fingerprint density at radius 3 is 2.52 bits per heavy atom. The molecule has 0 atom stereocenters. The Morgan fingerprint density at radius 1 is 1.16 bits per heavy atom. The normalized spacial score (nSPS) is 10.8. The maximum absolute atomic E-state index is 12.5. The number of rotatable bonds is 7. The lowest BCUT2D eigenvalue weighted by atomic mass is 10.1. The number of halogens is 2. The smallest absolute Gasteiger partial charge is 0.266 e. The van der Waals surface area contributed by atoms with E-state index in [1.807, 2.05) is 54.6 Å². The van der Waals surface area contributed by atoms with E-state index in [1.165, 1.54) is 6.08 Å². The average molecular weight is 589 g/mol. The Kier molecular flexibility index (Phi) is 8.09. The number of ether oxygens (including phenoxy) is 2. The molecule has 1 amide bonds. The van der Waals surface area contributed by atoms with Crippen LogP contribution in [0.3, 0.4) is 0 Å². The molecule has 0 aliphatic heterocycles. The van der Waals surface area contributed by atoms with Crippen LogP contribution in [-0.2, 0) is 11.4 Å². The second kappa shape index (κ2) is 11.0. The maximum atomic E-state index is 12.5. The first-order valence-corrected chi connectivity index (χ1v) is 11.1. The zero-order valence-corrected chi connectivity index (χ0v) is 20.3. The van der Waals surface area contributed by atoms with Gasteiger partial charge in [-0.1, -0.05) is 46.3 Å². The van der Waals surface area contributed by atoms with Crippen LogP contribution in [0.1, 0.15) is 11.1 Å². The quantitative estimate of drug-likeness (QED) is 0.203. The summed E-state index contributed by atoms with van der Waals surface area (Å²) in [6.45, 7) is 0.387. The zero-order valence-electron chi connectivity index (χ0n) is 16.6. The van der Waals surface area contributed by atoms with Gasteiger partial charge in [-0.2, -0.15) is 5.26 Å². The van der Waals surface area contributed by atoms with Gasteiger partial charge in [-0.15, -0.1) is 0 Å². The van der Waals surface area contributed by atoms with Crippen molar-refractivity contribution in [2.24, 2.45) is 0 Å². The number of para-hydroxylation sites is 1. The zero-order chi connectivity index (χ0) is 22.2. The largest absolute Gasteiger partial charge is 0.493 e. The summed E-state index contributed by atoms with van der Waals surface area (Å²) in [6, 6.07) is 22.4. The van der Waals surface area contributed by atoms with Crippen molar-refractivity contribution in [1.29, 1.82) is 5.26 Å². The van der Waals surface area contributed by atoms with Crippen molar-refractivity contribution in [3.8, 4) is 17.6 Å². The number of hydrogen-bond acceptors (Lipinski definition) is 4. The maximum Gasteiger partial charge on any atom is 0.266 e. The topological polar surface area (TPSA) is 71.3 Å². The minimum atomic E-state index is -0.474. The molecule has 0 aromatic heterocycles. The Bertz CT molecular complexity index is 1140. The third kappa shape index (κ3) is 6.32. The van der Waals surface area contributed by atoms with Crippen LogP contribution in [0, 0.1) is 14.9 Å². The lowest BCUT2D eigenvalue weighted by Gasteiger charge is -2.14. The van der Waals surface area contributed by atoms with Crippen molar-refractivity contribution >= 4 is 56.2 Å². The van der Waals surface area contributed by atoms with E-state index in [0.717, 1.165) is 13.6 Å². The molecule has 0 spiro atoms. The number of benzene rings is 3. The predicted octanol–water partition coefficient (Wildman–Crippen LogP) is 6.19. The summed E-state index contributed by atoms with van der Waals surface area (Å²) in [6.07, 6.45) is 1.53. The van der Waals surface area contributed by atoms with Gasteiger partial charge in [0.05, 0.1) is 10.7 Å². The summed E-state index contributed by atoms with van der Waals surface area (Å²) >= 11 is 5.57. The van der Waals surface area contributed by atoms with Gasteiger partial charge in [-0.25, -0.2) is 0 Å². The number of carbonyl (C=O) groups is 1. The summed E-state index contributed by atoms with van der Waals surface area (Å²) in [5.74, 6) is 0.657. The number of anilines is 1. The molecule has 0 heterocycles. The summed E-state index contributed by atoms with van der Waals surface area (Å²) in [5.41, 5.74) is 2.30. The lowest BCUT2D eigenvalue weighted by molar-refractivity contribution is -0.112. The molecule has 0 fully saturated rings. The van der Waals surface area contributed by atoms with Gasteiger partial charge in [0, 0.05) is 10.2 Å². The van der Waals surface area contributed by atoms with Crippen LogP contribution < -0.4 is 14.8 Å². The minimum Gasteiger partial charge on any atom is -0.493 e. The van der Waals surface area contributed by atoms with Gasteiger partial charge in [0.25, 0.3) is 5.91 Å². The van der Waals surface area contributed by atoms with E-state index in [9.17, 15) is 10.1 Å². The van der Waals surface area contributed by atoms with Crippen molar-refractivity contribution in [2.75, 3.05) is 12.4 Å². The van der Waals surface area contributed by atoms with Crippen LogP contribution in [0.4, 0.5) is 5.69 Å². The summed E-state index contributed by atoms with van der Waals surface area (Å²) < 4.78 is 13.3. The number of amides is 1. The van der Waals surface area contributed by atoms with Crippen molar-refractivity contribution < 1.29 is 14.3 Å². The number of nitrogens with zero attached hydrogens (tertiary/aromatic N) is 1. The third-order valence-electron chi connectivity index (χ3n) is 4.26. The molecule has 156 valence electrons. The average Bonchev–Trinajstić information content (AvgIpc) is 2.78. The fraction of sp³-hybridized carbons (Fsp3) is 0.0833. The number of methoxy groups -OCH3 is 1. The molecule has 1 N–H and O–H groups in total. The minimum absolute atomic E-state index is 0.00904. The molecule has 0 radical (unpaired) electrons. The molecule has 3 aromatic carbocycles. The van der Waals surface area contributed by atoms with Gasteiger partial charge in [0.15, 0.2) is 11.5 Å². The first kappa shape index (κ1) is 22.8. The van der Waals surface area contributed by atoms with Gasteiger partial charge in [-0.05, 0) is 76.2 Å². The summed E-state index contributed by atoms with van der Waals surface area (Å²) in [5, 5.41) is 12.2. The number of nitrogens with one attached hydrogen (secondary N) is 1. The van der Waals surface area contributed by atoms with E-state index in [4.69, 9.17) is 9.47 Å². The monoisotopic (exact) mass is 588 g/mol. The highest BCUT2D eigenvalue weighted by Crippen LogP contribution is 2.35. The van der Waals surface area contributed by atoms with Crippen molar-refractivity contribution in [1.82, 2.24) is 0 Å². The van der Waals surface area contributed by atoms with Crippen molar-refractivity contribution in [3.63, 3.8) is 0 Å². The molecule has 7 heteroatoms. The van der Waals surface area contributed by atoms with Gasteiger partial charge >= 0.3 is 0 Å². The highest BCUT2D eigenvalue weighted by molar-refractivity contribution is 14.1. The van der Waals surface area contributed by atoms with E-state index in [2.05, 4.69) is 43.8 Å². The molecule has 3 aromatic rings. The lowest BCUT2D eigenvalue weighted by Crippen LogP contribution is -2.13. The van der Waals surface area contributed by atoms with Crippen molar-refractivity contribution in [3.05, 3.63) is 91.5 Å². The molecule has 5 nitrogen and oxygen atoms in total. The summed E-state index contributed by atoms with van der Waals surface area (Å²) in [4.78, 5) is 12.5. The Labute approximate surface area is 203 Å². The molecule has 0 bridgehead atoms. The van der Waals surface area contributed by atoms with E-state index in [-0.39, 0.29) is 5.57 Å². The molecule has 0 unspecified atom stereocenters. The van der Waals surface area contributed by atoms with Crippen LogP contribution in [0.2, 0.25) is 0 Å². The van der Waals surface area contributed by atoms with Gasteiger partial charge < -0.3 is 14.8 Å². The van der Waals surface area contributed by atoms with Crippen LogP contribution in [0.5, 0.6) is 11.5 Å². The highest BCUT2D eigenvalue weighted by atomic mass is 127. The van der Waals surface area contributed by atoms with E-state index < -0.39 is 5.91 Å². The molecular formula is C24H18BrIN2O3. The first-order valence-electron chi connectivity index (χ1n) is 9.23. The van der Waals surface area contributed by atoms with Crippen LogP contribution >= 0.6 is 38.5 Å². The van der Waals surface area contributed by atoms with Gasteiger partial charge in [0.2, 0.25) is 0 Å². The number of nitriles is 1. The Hall–Kier alpha value is -2.83. The summed E-state index contributed by atoms with van der Waals surface area (Å²) in [7, 11) is 1.55. The fourth-order valence-corrected chi connectivity index (χ4v) is 3.78. The molecule has 0 aliphatic carbocycles. The Morgan fingerprint density at radius 2 is 1.87 bits per heavy atom. The Balaban J connectivity index is 1.81. The molecule has 0 saturated carbocycles. The van der Waals surface area contributed by atoms with E-state index in [1.54, 1.807) is 25.3 Å². The fourth-order valence-electron chi connectivity index (χ4n) is 2.73. The van der Waals surface area contributed by atoms with E-state index in [0.29, 0.717) is 29.4 Å². The number of carbonyl (C=O) groups excluding carboxylic acids is 1. The second-order valence-corrected chi connectivity index (χ2v) is 8.52. The van der Waals surface area contributed by atoms with Crippen LogP contribution in [0.15, 0.2) is 76.8 Å². The second-order valence-electron chi connectivity index (χ2n) is 6.44. The van der Waals surface area contributed by atoms with Crippen LogP contribution in [-0.4, -0.2) is 13.0 Å². The van der Waals surface area contributed by atoms with Crippen LogP contribution in [0.25, 0.3) is 6.08 Å². The molecule has 0 saturated heterocycles. The SMILES string of the molecule is COc1cc(/C=C(/C#N)C(=O)Nc2ccccc2)cc(I)c1OCc1ccc(Br)cc1. The standard InChI is InChI=1S/C24H18BrIN2O3/c1-30-22-13-17(11-18(14-27)24(29)28-20-5-3-2-4-6-20)12-21(26)23(22)31-15-16-7-9-19(25)10-8-16/h2-13H,15H2,1H3,(H,28,29)/b18-11-. The highest BCUT2D eigenvalue weighted by Gasteiger charge is 2.14. The number of hydrogen-bond donors (Lipinski definition) is 1. The predicted molar refractivity (Wildman–Crippen MR) is 133 cm³/mol. The molecule has 0 aliphatic rings. The van der Waals surface area contributed by atoms with E-state index >= 15 is 0 Å². The molecule has 31 heavy (non-hydrogen) atoms. The third-order valence-corrected chi connectivity index (χ3v) is 5.59. The van der Waals surface area contributed by atoms with Crippen molar-refractivity contribution in [2.45, 2.75) is 6.61 Å². The molecular weight excluding hydrogens is 571 g/mol. The molecule has 3 rings (SSSR count). The van der Waals surface area contributed by atoms with Gasteiger partial charge in [-0.3, -0.25) is 4.79 Å². The first-order chi connectivity index (χ1) is 15.0. The van der Waals surface area contributed by atoms with Gasteiger partial charge in [0.1, 0.15) is 18.2 Å².